The predicted molar refractivity (Wildman–Crippen MR) is 134 cm³/mol. The molecule has 1 unspecified atom stereocenters. The summed E-state index contributed by atoms with van der Waals surface area (Å²) in [7, 11) is 1.35. The molecule has 1 aliphatic heterocycles. The fourth-order valence-corrected chi connectivity index (χ4v) is 4.53. The molecule has 4 rings (SSSR count). The molecule has 3 aromatic rings. The number of hydrogen-bond acceptors (Lipinski definition) is 8. The molecule has 10 heteroatoms. The van der Waals surface area contributed by atoms with Crippen LogP contribution < -0.4 is 10.2 Å². The summed E-state index contributed by atoms with van der Waals surface area (Å²) in [5.74, 6) is 0.246. The smallest absolute Gasteiger partial charge is 0.337 e. The van der Waals surface area contributed by atoms with Crippen molar-refractivity contribution in [1.29, 1.82) is 0 Å². The van der Waals surface area contributed by atoms with Gasteiger partial charge in [-0.15, -0.1) is 10.2 Å². The number of carbonyl (C=O) groups excluding carboxylic acids is 2. The maximum Gasteiger partial charge on any atom is 0.337 e. The highest BCUT2D eigenvalue weighted by Crippen LogP contribution is 2.30. The molecule has 184 valence electrons. The van der Waals surface area contributed by atoms with Crippen LogP contribution >= 0.6 is 11.8 Å². The van der Waals surface area contributed by atoms with E-state index in [0.717, 1.165) is 35.9 Å². The van der Waals surface area contributed by atoms with E-state index in [2.05, 4.69) is 32.5 Å². The summed E-state index contributed by atoms with van der Waals surface area (Å²) >= 11 is 1.36. The number of anilines is 1. The second-order valence-electron chi connectivity index (χ2n) is 8.22. The van der Waals surface area contributed by atoms with E-state index in [-0.39, 0.29) is 11.9 Å². The van der Waals surface area contributed by atoms with Crippen LogP contribution in [0, 0.1) is 6.92 Å². The van der Waals surface area contributed by atoms with E-state index in [1.165, 1.54) is 18.9 Å². The molecule has 1 fully saturated rings. The maximum absolute atomic E-state index is 12.9. The van der Waals surface area contributed by atoms with Crippen LogP contribution in [0.15, 0.2) is 53.7 Å². The number of aromatic nitrogens is 3. The number of amides is 1. The number of nitrogens with one attached hydrogen (secondary N) is 1. The Bertz CT molecular complexity index is 1160. The number of ether oxygens (including phenoxy) is 2. The van der Waals surface area contributed by atoms with Crippen molar-refractivity contribution in [2.75, 3.05) is 38.3 Å². The lowest BCUT2D eigenvalue weighted by atomic mass is 10.1. The molecular weight excluding hydrogens is 466 g/mol. The van der Waals surface area contributed by atoms with Gasteiger partial charge in [0, 0.05) is 19.6 Å². The van der Waals surface area contributed by atoms with Crippen LogP contribution in [0.1, 0.15) is 28.4 Å². The monoisotopic (exact) mass is 495 g/mol. The van der Waals surface area contributed by atoms with Crippen molar-refractivity contribution in [2.24, 2.45) is 0 Å². The molecule has 0 radical (unpaired) electrons. The van der Waals surface area contributed by atoms with E-state index in [0.29, 0.717) is 30.5 Å². The van der Waals surface area contributed by atoms with E-state index in [1.807, 2.05) is 30.5 Å². The van der Waals surface area contributed by atoms with Crippen LogP contribution in [0.5, 0.6) is 0 Å². The first-order valence-electron chi connectivity index (χ1n) is 11.4. The third-order valence-corrected chi connectivity index (χ3v) is 6.74. The SMILES string of the molecule is COC(=O)c1ccc(CNC(=O)C(C)Sc2nnc(N3CCOCC3)n2-c2ccc(C)cc2)cc1. The molecule has 0 spiro atoms. The lowest BCUT2D eigenvalue weighted by molar-refractivity contribution is -0.120. The zero-order chi connectivity index (χ0) is 24.8. The lowest BCUT2D eigenvalue weighted by Gasteiger charge is -2.28. The molecule has 1 atom stereocenters. The van der Waals surface area contributed by atoms with Crippen LogP contribution in [0.3, 0.4) is 0 Å². The summed E-state index contributed by atoms with van der Waals surface area (Å²) in [4.78, 5) is 26.6. The van der Waals surface area contributed by atoms with Crippen molar-refractivity contribution in [3.63, 3.8) is 0 Å². The van der Waals surface area contributed by atoms with Gasteiger partial charge in [-0.2, -0.15) is 0 Å². The number of aryl methyl sites for hydroxylation is 1. The van der Waals surface area contributed by atoms with Gasteiger partial charge in [-0.25, -0.2) is 4.79 Å². The van der Waals surface area contributed by atoms with E-state index < -0.39 is 5.25 Å². The van der Waals surface area contributed by atoms with Crippen LogP contribution in [0.4, 0.5) is 5.95 Å². The fourth-order valence-electron chi connectivity index (χ4n) is 3.65. The molecule has 1 amide bonds. The minimum Gasteiger partial charge on any atom is -0.465 e. The van der Waals surface area contributed by atoms with Gasteiger partial charge in [0.15, 0.2) is 5.16 Å². The quantitative estimate of drug-likeness (QED) is 0.376. The second-order valence-corrected chi connectivity index (χ2v) is 9.53. The van der Waals surface area contributed by atoms with E-state index >= 15 is 0 Å². The molecule has 9 nitrogen and oxygen atoms in total. The Morgan fingerprint density at radius 3 is 2.43 bits per heavy atom. The lowest BCUT2D eigenvalue weighted by Crippen LogP contribution is -2.38. The van der Waals surface area contributed by atoms with Crippen LogP contribution in [-0.4, -0.2) is 65.3 Å². The first kappa shape index (κ1) is 24.7. The average molecular weight is 496 g/mol. The number of carbonyl (C=O) groups is 2. The number of rotatable bonds is 8. The average Bonchev–Trinajstić information content (AvgIpc) is 3.31. The van der Waals surface area contributed by atoms with Crippen LogP contribution in [0.25, 0.3) is 5.69 Å². The molecule has 0 aliphatic carbocycles. The summed E-state index contributed by atoms with van der Waals surface area (Å²) in [6.07, 6.45) is 0. The first-order chi connectivity index (χ1) is 17.0. The van der Waals surface area contributed by atoms with E-state index in [4.69, 9.17) is 9.47 Å². The standard InChI is InChI=1S/C25H29N5O4S/c1-17-4-10-21(11-5-17)30-24(29-12-14-34-15-13-29)27-28-25(30)35-18(2)22(31)26-16-19-6-8-20(9-7-19)23(32)33-3/h4-11,18H,12-16H2,1-3H3,(H,26,31). The number of nitrogens with zero attached hydrogens (tertiary/aromatic N) is 4. The topological polar surface area (TPSA) is 98.6 Å². The molecule has 1 saturated heterocycles. The van der Waals surface area contributed by atoms with Crippen molar-refractivity contribution in [1.82, 2.24) is 20.1 Å². The maximum atomic E-state index is 12.9. The van der Waals surface area contributed by atoms with Gasteiger partial charge in [0.2, 0.25) is 11.9 Å². The van der Waals surface area contributed by atoms with Gasteiger partial charge in [-0.1, -0.05) is 41.6 Å². The van der Waals surface area contributed by atoms with Gasteiger partial charge < -0.3 is 19.7 Å². The third-order valence-electron chi connectivity index (χ3n) is 5.70. The molecule has 0 saturated carbocycles. The third kappa shape index (κ3) is 6.01. The highest BCUT2D eigenvalue weighted by molar-refractivity contribution is 8.00. The van der Waals surface area contributed by atoms with Gasteiger partial charge in [0.1, 0.15) is 0 Å². The summed E-state index contributed by atoms with van der Waals surface area (Å²) in [6.45, 7) is 7.01. The molecule has 0 bridgehead atoms. The number of hydrogen-bond donors (Lipinski definition) is 1. The van der Waals surface area contributed by atoms with Gasteiger partial charge in [-0.05, 0) is 43.7 Å². The largest absolute Gasteiger partial charge is 0.465 e. The Labute approximate surface area is 208 Å². The van der Waals surface area contributed by atoms with Crippen LogP contribution in [0.2, 0.25) is 0 Å². The number of esters is 1. The Kier molecular flexibility index (Phi) is 8.04. The van der Waals surface area contributed by atoms with Crippen molar-refractivity contribution >= 4 is 29.6 Å². The van der Waals surface area contributed by atoms with Gasteiger partial charge in [-0.3, -0.25) is 9.36 Å². The molecule has 1 aliphatic rings. The van der Waals surface area contributed by atoms with Crippen molar-refractivity contribution in [3.05, 3.63) is 65.2 Å². The Morgan fingerprint density at radius 2 is 1.77 bits per heavy atom. The summed E-state index contributed by atoms with van der Waals surface area (Å²) in [6, 6.07) is 15.1. The molecule has 2 heterocycles. The molecule has 1 N–H and O–H groups in total. The molecule has 35 heavy (non-hydrogen) atoms. The zero-order valence-electron chi connectivity index (χ0n) is 20.1. The summed E-state index contributed by atoms with van der Waals surface area (Å²) < 4.78 is 12.2. The van der Waals surface area contributed by atoms with Gasteiger partial charge in [0.25, 0.3) is 0 Å². The summed E-state index contributed by atoms with van der Waals surface area (Å²) in [5.41, 5.74) is 3.47. The van der Waals surface area contributed by atoms with E-state index in [9.17, 15) is 9.59 Å². The highest BCUT2D eigenvalue weighted by Gasteiger charge is 2.25. The fraction of sp³-hybridized carbons (Fsp3) is 0.360. The van der Waals surface area contributed by atoms with Crippen molar-refractivity contribution < 1.29 is 19.1 Å². The number of benzene rings is 2. The number of methoxy groups -OCH3 is 1. The Morgan fingerprint density at radius 1 is 1.09 bits per heavy atom. The van der Waals surface area contributed by atoms with Crippen LogP contribution in [-0.2, 0) is 20.8 Å². The Hall–Kier alpha value is -3.37. The van der Waals surface area contributed by atoms with Gasteiger partial charge in [0.05, 0.1) is 36.8 Å². The molecular formula is C25H29N5O4S. The normalized spacial score (nSPS) is 14.4. The predicted octanol–water partition coefficient (Wildman–Crippen LogP) is 3.00. The van der Waals surface area contributed by atoms with Gasteiger partial charge >= 0.3 is 5.97 Å². The number of thioether (sulfide) groups is 1. The zero-order valence-corrected chi connectivity index (χ0v) is 20.9. The van der Waals surface area contributed by atoms with Crippen molar-refractivity contribution in [3.8, 4) is 5.69 Å². The number of morpholine rings is 1. The Balaban J connectivity index is 1.46. The van der Waals surface area contributed by atoms with Crippen molar-refractivity contribution in [2.45, 2.75) is 30.8 Å². The molecule has 1 aromatic heterocycles. The highest BCUT2D eigenvalue weighted by atomic mass is 32.2. The second kappa shape index (κ2) is 11.4. The van der Waals surface area contributed by atoms with E-state index in [1.54, 1.807) is 24.3 Å². The minimum absolute atomic E-state index is 0.113. The molecule has 2 aromatic carbocycles. The first-order valence-corrected chi connectivity index (χ1v) is 12.3. The minimum atomic E-state index is -0.393. The summed E-state index contributed by atoms with van der Waals surface area (Å²) in [5, 5.41) is 12.1.